The van der Waals surface area contributed by atoms with E-state index in [4.69, 9.17) is 16.3 Å². The Bertz CT molecular complexity index is 445. The number of carbonyl (C=O) groups is 2. The third-order valence-corrected chi connectivity index (χ3v) is 2.90. The summed E-state index contributed by atoms with van der Waals surface area (Å²) in [6, 6.07) is 6.93. The second kappa shape index (κ2) is 9.20. The van der Waals surface area contributed by atoms with E-state index < -0.39 is 11.9 Å². The first kappa shape index (κ1) is 17.3. The second-order valence-corrected chi connectivity index (χ2v) is 4.60. The van der Waals surface area contributed by atoms with Gasteiger partial charge in [0.15, 0.2) is 0 Å². The van der Waals surface area contributed by atoms with Crippen LogP contribution in [0.2, 0.25) is 5.02 Å². The summed E-state index contributed by atoms with van der Waals surface area (Å²) in [5.74, 6) is -0.189. The number of methoxy groups -OCH3 is 2. The monoisotopic (exact) mass is 315 g/mol. The molecule has 1 rings (SSSR count). The van der Waals surface area contributed by atoms with E-state index in [9.17, 15) is 9.59 Å². The molecule has 0 atom stereocenters. The Labute approximate surface area is 128 Å². The van der Waals surface area contributed by atoms with Crippen LogP contribution in [0.3, 0.4) is 0 Å². The van der Waals surface area contributed by atoms with E-state index in [1.54, 1.807) is 29.2 Å². The molecule has 7 heteroatoms. The van der Waals surface area contributed by atoms with Gasteiger partial charge in [-0.15, -0.1) is 0 Å². The van der Waals surface area contributed by atoms with Gasteiger partial charge in [0.1, 0.15) is 12.4 Å². The van der Waals surface area contributed by atoms with Crippen molar-refractivity contribution in [2.24, 2.45) is 0 Å². The molecule has 1 aromatic carbocycles. The fraction of sp³-hybridized carbons (Fsp3) is 0.429. The first-order valence-corrected chi connectivity index (χ1v) is 6.67. The van der Waals surface area contributed by atoms with E-state index in [1.807, 2.05) is 0 Å². The van der Waals surface area contributed by atoms with Gasteiger partial charge in [-0.05, 0) is 24.3 Å². The van der Waals surface area contributed by atoms with E-state index in [2.05, 4.69) is 9.47 Å². The van der Waals surface area contributed by atoms with Gasteiger partial charge in [-0.2, -0.15) is 0 Å². The molecule has 0 aliphatic carbocycles. The van der Waals surface area contributed by atoms with Gasteiger partial charge in [-0.25, -0.2) is 0 Å². The molecule has 0 aliphatic heterocycles. The van der Waals surface area contributed by atoms with E-state index in [0.29, 0.717) is 23.9 Å². The number of benzene rings is 1. The third-order valence-electron chi connectivity index (χ3n) is 2.65. The number of rotatable bonds is 8. The minimum atomic E-state index is -0.426. The first-order chi connectivity index (χ1) is 10.0. The molecule has 0 amide bonds. The summed E-state index contributed by atoms with van der Waals surface area (Å²) in [7, 11) is 2.59. The van der Waals surface area contributed by atoms with Crippen molar-refractivity contribution in [3.8, 4) is 5.75 Å². The molecule has 0 bridgehead atoms. The van der Waals surface area contributed by atoms with E-state index in [-0.39, 0.29) is 13.1 Å². The summed E-state index contributed by atoms with van der Waals surface area (Å²) < 4.78 is 14.7. The van der Waals surface area contributed by atoms with Gasteiger partial charge in [-0.1, -0.05) is 11.6 Å². The highest BCUT2D eigenvalue weighted by Gasteiger charge is 2.15. The molecule has 0 saturated carbocycles. The highest BCUT2D eigenvalue weighted by atomic mass is 35.5. The zero-order chi connectivity index (χ0) is 15.7. The van der Waals surface area contributed by atoms with Gasteiger partial charge >= 0.3 is 11.9 Å². The van der Waals surface area contributed by atoms with Crippen LogP contribution in [0.1, 0.15) is 0 Å². The van der Waals surface area contributed by atoms with Gasteiger partial charge < -0.3 is 14.2 Å². The first-order valence-electron chi connectivity index (χ1n) is 6.29. The van der Waals surface area contributed by atoms with Crippen molar-refractivity contribution in [1.29, 1.82) is 0 Å². The van der Waals surface area contributed by atoms with Gasteiger partial charge in [-0.3, -0.25) is 14.5 Å². The summed E-state index contributed by atoms with van der Waals surface area (Å²) in [5, 5.41) is 0.625. The summed E-state index contributed by atoms with van der Waals surface area (Å²) in [6.07, 6.45) is 0. The van der Waals surface area contributed by atoms with Crippen LogP contribution >= 0.6 is 11.6 Å². The molecule has 21 heavy (non-hydrogen) atoms. The predicted octanol–water partition coefficient (Wildman–Crippen LogP) is 1.37. The van der Waals surface area contributed by atoms with Crippen molar-refractivity contribution in [2.75, 3.05) is 40.5 Å². The zero-order valence-electron chi connectivity index (χ0n) is 12.0. The fourth-order valence-corrected chi connectivity index (χ4v) is 1.66. The molecule has 1 aromatic rings. The number of ether oxygens (including phenoxy) is 3. The molecule has 116 valence electrons. The smallest absolute Gasteiger partial charge is 0.319 e. The highest BCUT2D eigenvalue weighted by molar-refractivity contribution is 6.30. The molecule has 0 aromatic heterocycles. The molecule has 0 unspecified atom stereocenters. The lowest BCUT2D eigenvalue weighted by molar-refractivity contribution is -0.145. The number of hydrogen-bond donors (Lipinski definition) is 0. The molecule has 6 nitrogen and oxygen atoms in total. The van der Waals surface area contributed by atoms with E-state index >= 15 is 0 Å². The summed E-state index contributed by atoms with van der Waals surface area (Å²) in [5.41, 5.74) is 0. The van der Waals surface area contributed by atoms with Crippen LogP contribution in [0, 0.1) is 0 Å². The van der Waals surface area contributed by atoms with Gasteiger partial charge in [0.25, 0.3) is 0 Å². The maximum absolute atomic E-state index is 11.3. The molecule has 0 aliphatic rings. The number of nitrogens with zero attached hydrogens (tertiary/aromatic N) is 1. The number of carbonyl (C=O) groups excluding carboxylic acids is 2. The van der Waals surface area contributed by atoms with E-state index in [0.717, 1.165) is 0 Å². The molecule has 0 spiro atoms. The Kier molecular flexibility index (Phi) is 7.56. The van der Waals surface area contributed by atoms with Crippen molar-refractivity contribution >= 4 is 23.5 Å². The standard InChI is InChI=1S/C14H18ClNO5/c1-19-13(17)9-16(10-14(18)20-2)7-8-21-12-5-3-11(15)4-6-12/h3-6H,7-10H2,1-2H3. The van der Waals surface area contributed by atoms with Crippen LogP contribution in [0.5, 0.6) is 5.75 Å². The summed E-state index contributed by atoms with van der Waals surface area (Å²) in [6.45, 7) is 0.688. The fourth-order valence-electron chi connectivity index (χ4n) is 1.53. The number of hydrogen-bond acceptors (Lipinski definition) is 6. The lowest BCUT2D eigenvalue weighted by atomic mass is 10.3. The molecule has 0 N–H and O–H groups in total. The Morgan fingerprint density at radius 1 is 1.05 bits per heavy atom. The molecule has 0 heterocycles. The summed E-state index contributed by atoms with van der Waals surface area (Å²) in [4.78, 5) is 24.2. The number of esters is 2. The molecular formula is C14H18ClNO5. The topological polar surface area (TPSA) is 65.1 Å². The SMILES string of the molecule is COC(=O)CN(CCOc1ccc(Cl)cc1)CC(=O)OC. The molecule has 0 saturated heterocycles. The van der Waals surface area contributed by atoms with Crippen LogP contribution in [0.15, 0.2) is 24.3 Å². The van der Waals surface area contributed by atoms with Crippen LogP contribution in [-0.4, -0.2) is 57.3 Å². The van der Waals surface area contributed by atoms with Gasteiger partial charge in [0.2, 0.25) is 0 Å². The largest absolute Gasteiger partial charge is 0.492 e. The summed E-state index contributed by atoms with van der Waals surface area (Å²) >= 11 is 5.78. The number of halogens is 1. The normalized spacial score (nSPS) is 10.3. The quantitative estimate of drug-likeness (QED) is 0.675. The Hall–Kier alpha value is -1.79. The van der Waals surface area contributed by atoms with Crippen molar-refractivity contribution in [3.05, 3.63) is 29.3 Å². The van der Waals surface area contributed by atoms with Crippen molar-refractivity contribution in [3.63, 3.8) is 0 Å². The molecular weight excluding hydrogens is 298 g/mol. The minimum absolute atomic E-state index is 0.00439. The van der Waals surface area contributed by atoms with Crippen molar-refractivity contribution in [2.45, 2.75) is 0 Å². The lowest BCUT2D eigenvalue weighted by Crippen LogP contribution is -2.38. The maximum atomic E-state index is 11.3. The molecule has 0 fully saturated rings. The highest BCUT2D eigenvalue weighted by Crippen LogP contribution is 2.15. The Morgan fingerprint density at radius 2 is 1.57 bits per heavy atom. The van der Waals surface area contributed by atoms with Crippen LogP contribution in [0.25, 0.3) is 0 Å². The minimum Gasteiger partial charge on any atom is -0.492 e. The van der Waals surface area contributed by atoms with Gasteiger partial charge in [0, 0.05) is 11.6 Å². The Morgan fingerprint density at radius 3 is 2.05 bits per heavy atom. The second-order valence-electron chi connectivity index (χ2n) is 4.17. The zero-order valence-corrected chi connectivity index (χ0v) is 12.8. The third kappa shape index (κ3) is 6.97. The Balaban J connectivity index is 2.45. The average molecular weight is 316 g/mol. The van der Waals surface area contributed by atoms with Crippen LogP contribution in [-0.2, 0) is 19.1 Å². The van der Waals surface area contributed by atoms with Crippen molar-refractivity contribution in [1.82, 2.24) is 4.90 Å². The van der Waals surface area contributed by atoms with E-state index in [1.165, 1.54) is 14.2 Å². The molecule has 0 radical (unpaired) electrons. The predicted molar refractivity (Wildman–Crippen MR) is 77.4 cm³/mol. The lowest BCUT2D eigenvalue weighted by Gasteiger charge is -2.19. The van der Waals surface area contributed by atoms with Crippen molar-refractivity contribution < 1.29 is 23.8 Å². The van der Waals surface area contributed by atoms with Crippen LogP contribution in [0.4, 0.5) is 0 Å². The van der Waals surface area contributed by atoms with Crippen LogP contribution < -0.4 is 4.74 Å². The average Bonchev–Trinajstić information content (AvgIpc) is 2.48. The van der Waals surface area contributed by atoms with Gasteiger partial charge in [0.05, 0.1) is 27.3 Å². The maximum Gasteiger partial charge on any atom is 0.319 e.